The third-order valence-electron chi connectivity index (χ3n) is 4.27. The minimum Gasteiger partial charge on any atom is -0.381 e. The van der Waals surface area contributed by atoms with Crippen LogP contribution in [0.3, 0.4) is 0 Å². The maximum Gasteiger partial charge on any atom is 0.178 e. The van der Waals surface area contributed by atoms with Gasteiger partial charge in [-0.3, -0.25) is 5.43 Å². The molecule has 0 saturated heterocycles. The van der Waals surface area contributed by atoms with Crippen molar-refractivity contribution in [3.05, 3.63) is 29.6 Å². The summed E-state index contributed by atoms with van der Waals surface area (Å²) in [6.07, 6.45) is 7.87. The fraction of sp³-hybridized carbons (Fsp3) is 0.588. The van der Waals surface area contributed by atoms with E-state index in [0.717, 1.165) is 12.1 Å². The van der Waals surface area contributed by atoms with Gasteiger partial charge in [-0.1, -0.05) is 31.7 Å². The highest BCUT2D eigenvalue weighted by Crippen LogP contribution is 2.17. The van der Waals surface area contributed by atoms with Crippen molar-refractivity contribution in [2.45, 2.75) is 51.1 Å². The Morgan fingerprint density at radius 2 is 1.92 bits per heavy atom. The van der Waals surface area contributed by atoms with Crippen LogP contribution >= 0.6 is 12.2 Å². The van der Waals surface area contributed by atoms with Gasteiger partial charge in [-0.25, -0.2) is 9.82 Å². The zero-order chi connectivity index (χ0) is 17.2. The molecule has 1 aromatic rings. The number of anilines is 1. The molecule has 0 unspecified atom stereocenters. The first-order valence-corrected chi connectivity index (χ1v) is 9.10. The van der Waals surface area contributed by atoms with Crippen molar-refractivity contribution >= 4 is 23.0 Å². The highest BCUT2D eigenvalue weighted by Gasteiger charge is 2.11. The minimum absolute atomic E-state index is 0.162. The van der Waals surface area contributed by atoms with Crippen LogP contribution in [-0.4, -0.2) is 24.2 Å². The quantitative estimate of drug-likeness (QED) is 0.214. The van der Waals surface area contributed by atoms with E-state index in [9.17, 15) is 4.39 Å². The van der Waals surface area contributed by atoms with Crippen LogP contribution in [0.25, 0.3) is 0 Å². The lowest BCUT2D eigenvalue weighted by molar-refractivity contribution is 0.468. The Labute approximate surface area is 148 Å². The Hall–Kier alpha value is -1.44. The van der Waals surface area contributed by atoms with Crippen LogP contribution in [0.1, 0.15) is 44.1 Å². The molecule has 7 heteroatoms. The molecule has 1 aromatic carbocycles. The summed E-state index contributed by atoms with van der Waals surface area (Å²) in [5, 5.41) is 6.89. The van der Waals surface area contributed by atoms with Crippen molar-refractivity contribution in [1.82, 2.24) is 16.2 Å². The molecule has 0 aromatic heterocycles. The first-order chi connectivity index (χ1) is 11.6. The second kappa shape index (κ2) is 10.4. The molecule has 0 amide bonds. The van der Waals surface area contributed by atoms with Gasteiger partial charge < -0.3 is 16.4 Å². The number of nitrogens with one attached hydrogen (secondary N) is 4. The van der Waals surface area contributed by atoms with Crippen LogP contribution in [-0.2, 0) is 6.54 Å². The zero-order valence-electron chi connectivity index (χ0n) is 14.0. The minimum atomic E-state index is -0.251. The summed E-state index contributed by atoms with van der Waals surface area (Å²) in [6.45, 7) is 2.01. The number of nitrogens with two attached hydrogens (primary N) is 1. The zero-order valence-corrected chi connectivity index (χ0v) is 14.9. The number of hydrazine groups is 1. The van der Waals surface area contributed by atoms with Gasteiger partial charge in [0.1, 0.15) is 5.82 Å². The monoisotopic (exact) mass is 353 g/mol. The van der Waals surface area contributed by atoms with E-state index < -0.39 is 0 Å². The predicted molar refractivity (Wildman–Crippen MR) is 101 cm³/mol. The van der Waals surface area contributed by atoms with Crippen molar-refractivity contribution in [3.63, 3.8) is 0 Å². The highest BCUT2D eigenvalue weighted by atomic mass is 32.1. The Kier molecular flexibility index (Phi) is 8.21. The van der Waals surface area contributed by atoms with Gasteiger partial charge in [0.25, 0.3) is 0 Å². The molecule has 0 radical (unpaired) electrons. The Balaban J connectivity index is 1.69. The van der Waals surface area contributed by atoms with Gasteiger partial charge in [-0.2, -0.15) is 0 Å². The lowest BCUT2D eigenvalue weighted by atomic mass is 10.1. The number of halogens is 1. The first kappa shape index (κ1) is 18.9. The molecule has 0 bridgehead atoms. The Morgan fingerprint density at radius 1 is 1.17 bits per heavy atom. The molecule has 0 aliphatic heterocycles. The maximum atomic E-state index is 14.1. The molecule has 1 aliphatic carbocycles. The van der Waals surface area contributed by atoms with Gasteiger partial charge in [0.15, 0.2) is 5.11 Å². The molecule has 0 atom stereocenters. The van der Waals surface area contributed by atoms with Gasteiger partial charge in [-0.15, -0.1) is 0 Å². The second-order valence-corrected chi connectivity index (χ2v) is 6.67. The summed E-state index contributed by atoms with van der Waals surface area (Å²) in [4.78, 5) is 0. The molecule has 1 fully saturated rings. The SMILES string of the molecule is NC(=S)NNCc1ccc(NCCNC2CCCCCC2)c(F)c1. The molecule has 6 N–H and O–H groups in total. The molecule has 0 spiro atoms. The fourth-order valence-corrected chi connectivity index (χ4v) is 3.07. The molecule has 24 heavy (non-hydrogen) atoms. The summed E-state index contributed by atoms with van der Waals surface area (Å²) in [7, 11) is 0. The van der Waals surface area contributed by atoms with Gasteiger partial charge in [0.2, 0.25) is 0 Å². The second-order valence-electron chi connectivity index (χ2n) is 6.23. The molecule has 1 saturated carbocycles. The number of thiocarbonyl (C=S) groups is 1. The molecule has 5 nitrogen and oxygen atoms in total. The van der Waals surface area contributed by atoms with Crippen LogP contribution in [0.15, 0.2) is 18.2 Å². The van der Waals surface area contributed by atoms with E-state index in [1.54, 1.807) is 6.07 Å². The van der Waals surface area contributed by atoms with Gasteiger partial charge in [-0.05, 0) is 42.8 Å². The van der Waals surface area contributed by atoms with Crippen LogP contribution in [0.4, 0.5) is 10.1 Å². The van der Waals surface area contributed by atoms with Gasteiger partial charge in [0, 0.05) is 25.7 Å². The highest BCUT2D eigenvalue weighted by molar-refractivity contribution is 7.80. The lowest BCUT2D eigenvalue weighted by Crippen LogP contribution is -2.40. The van der Waals surface area contributed by atoms with Crippen molar-refractivity contribution in [1.29, 1.82) is 0 Å². The number of hydrogen-bond acceptors (Lipinski definition) is 4. The number of hydrogen-bond donors (Lipinski definition) is 5. The number of benzene rings is 1. The molecule has 0 heterocycles. The van der Waals surface area contributed by atoms with E-state index in [1.165, 1.54) is 44.6 Å². The molecular formula is C17H28FN5S. The van der Waals surface area contributed by atoms with Crippen molar-refractivity contribution in [2.75, 3.05) is 18.4 Å². The topological polar surface area (TPSA) is 74.1 Å². The standard InChI is InChI=1S/C17H28FN5S/c18-15-11-13(12-22-23-17(19)24)7-8-16(15)21-10-9-20-14-5-3-1-2-4-6-14/h7-8,11,14,20-22H,1-6,9-10,12H2,(H3,19,23,24). The van der Waals surface area contributed by atoms with E-state index in [-0.39, 0.29) is 10.9 Å². The largest absolute Gasteiger partial charge is 0.381 e. The third-order valence-corrected chi connectivity index (χ3v) is 4.37. The Bertz CT molecular complexity index is 518. The summed E-state index contributed by atoms with van der Waals surface area (Å²) in [5.74, 6) is -0.251. The van der Waals surface area contributed by atoms with Crippen molar-refractivity contribution < 1.29 is 4.39 Å². The fourth-order valence-electron chi connectivity index (χ4n) is 3.00. The van der Waals surface area contributed by atoms with Crippen molar-refractivity contribution in [3.8, 4) is 0 Å². The Morgan fingerprint density at radius 3 is 2.58 bits per heavy atom. The molecule has 2 rings (SSSR count). The smallest absolute Gasteiger partial charge is 0.178 e. The average molecular weight is 354 g/mol. The molecule has 134 valence electrons. The number of rotatable bonds is 8. The normalized spacial score (nSPS) is 15.7. The van der Waals surface area contributed by atoms with Crippen LogP contribution in [0.2, 0.25) is 0 Å². The molecule has 1 aliphatic rings. The van der Waals surface area contributed by atoms with E-state index in [4.69, 9.17) is 5.73 Å². The van der Waals surface area contributed by atoms with E-state index >= 15 is 0 Å². The molecular weight excluding hydrogens is 325 g/mol. The van der Waals surface area contributed by atoms with Crippen molar-refractivity contribution in [2.24, 2.45) is 5.73 Å². The average Bonchev–Trinajstić information content (AvgIpc) is 2.81. The van der Waals surface area contributed by atoms with E-state index in [1.807, 2.05) is 6.07 Å². The summed E-state index contributed by atoms with van der Waals surface area (Å²) in [6, 6.07) is 5.76. The third kappa shape index (κ3) is 6.98. The summed E-state index contributed by atoms with van der Waals surface area (Å²) < 4.78 is 14.1. The van der Waals surface area contributed by atoms with Crippen LogP contribution in [0.5, 0.6) is 0 Å². The lowest BCUT2D eigenvalue weighted by Gasteiger charge is -2.17. The van der Waals surface area contributed by atoms with E-state index in [2.05, 4.69) is 33.7 Å². The van der Waals surface area contributed by atoms with Crippen LogP contribution < -0.4 is 27.2 Å². The first-order valence-electron chi connectivity index (χ1n) is 8.69. The van der Waals surface area contributed by atoms with Gasteiger partial charge in [0.05, 0.1) is 5.69 Å². The van der Waals surface area contributed by atoms with Gasteiger partial charge >= 0.3 is 0 Å². The summed E-state index contributed by atoms with van der Waals surface area (Å²) >= 11 is 4.69. The van der Waals surface area contributed by atoms with Crippen LogP contribution in [0, 0.1) is 5.82 Å². The predicted octanol–water partition coefficient (Wildman–Crippen LogP) is 2.39. The summed E-state index contributed by atoms with van der Waals surface area (Å²) in [5.41, 5.74) is 12.1. The van der Waals surface area contributed by atoms with E-state index in [0.29, 0.717) is 24.8 Å². The maximum absolute atomic E-state index is 14.1.